The maximum absolute atomic E-state index is 13.7. The van der Waals surface area contributed by atoms with E-state index >= 15 is 0 Å². The number of hydrogen-bond acceptors (Lipinski definition) is 5. The van der Waals surface area contributed by atoms with Crippen LogP contribution in [0.4, 0.5) is 0 Å². The zero-order valence-electron chi connectivity index (χ0n) is 17.9. The van der Waals surface area contributed by atoms with Gasteiger partial charge in [0.1, 0.15) is 6.04 Å². The highest BCUT2D eigenvalue weighted by molar-refractivity contribution is 5.83. The Morgan fingerprint density at radius 1 is 0.871 bits per heavy atom. The molecule has 6 heteroatoms. The van der Waals surface area contributed by atoms with Crippen LogP contribution in [0, 0.1) is 0 Å². The van der Waals surface area contributed by atoms with E-state index in [2.05, 4.69) is 29.2 Å². The molecule has 2 fully saturated rings. The second-order valence-electron chi connectivity index (χ2n) is 8.40. The minimum absolute atomic E-state index is 0.173. The van der Waals surface area contributed by atoms with Gasteiger partial charge in [-0.25, -0.2) is 0 Å². The van der Waals surface area contributed by atoms with Crippen molar-refractivity contribution in [2.45, 2.75) is 31.3 Å². The molecule has 2 aromatic carbocycles. The quantitative estimate of drug-likeness (QED) is 0.754. The van der Waals surface area contributed by atoms with Crippen molar-refractivity contribution in [2.75, 3.05) is 46.1 Å². The summed E-state index contributed by atoms with van der Waals surface area (Å²) in [7, 11) is 0. The molecule has 0 unspecified atom stereocenters. The average Bonchev–Trinajstić information content (AvgIpc) is 3.17. The minimum atomic E-state index is -0.289. The van der Waals surface area contributed by atoms with Gasteiger partial charge in [0.2, 0.25) is 5.91 Å². The SMILES string of the molecule is O=C([C@@H](c1ccccc1)N1CCC[C@@H]1c1ccc2c(c1)OCCCO2)N1CCOCC1. The predicted octanol–water partition coefficient (Wildman–Crippen LogP) is 3.58. The Kier molecular flexibility index (Phi) is 6.09. The van der Waals surface area contributed by atoms with Gasteiger partial charge in [0.15, 0.2) is 11.5 Å². The average molecular weight is 423 g/mol. The summed E-state index contributed by atoms with van der Waals surface area (Å²) < 4.78 is 17.2. The Morgan fingerprint density at radius 3 is 2.45 bits per heavy atom. The molecule has 5 rings (SSSR count). The van der Waals surface area contributed by atoms with Crippen LogP contribution in [0.25, 0.3) is 0 Å². The number of benzene rings is 2. The van der Waals surface area contributed by atoms with E-state index in [1.165, 1.54) is 5.56 Å². The summed E-state index contributed by atoms with van der Waals surface area (Å²) in [6, 6.07) is 16.4. The molecule has 3 heterocycles. The largest absolute Gasteiger partial charge is 0.490 e. The van der Waals surface area contributed by atoms with E-state index < -0.39 is 0 Å². The number of ether oxygens (including phenoxy) is 3. The lowest BCUT2D eigenvalue weighted by Crippen LogP contribution is -2.47. The smallest absolute Gasteiger partial charge is 0.244 e. The number of nitrogens with zero attached hydrogens (tertiary/aromatic N) is 2. The molecule has 0 bridgehead atoms. The van der Waals surface area contributed by atoms with Gasteiger partial charge in [-0.05, 0) is 42.6 Å². The van der Waals surface area contributed by atoms with Crippen molar-refractivity contribution in [2.24, 2.45) is 0 Å². The predicted molar refractivity (Wildman–Crippen MR) is 117 cm³/mol. The minimum Gasteiger partial charge on any atom is -0.490 e. The van der Waals surface area contributed by atoms with Crippen LogP contribution in [0.3, 0.4) is 0 Å². The van der Waals surface area contributed by atoms with Crippen LogP contribution >= 0.6 is 0 Å². The standard InChI is InChI=1S/C25H30N2O4/c28-25(26-12-16-29-17-13-26)24(19-6-2-1-3-7-19)27-11-4-8-21(27)20-9-10-22-23(18-20)31-15-5-14-30-22/h1-3,6-7,9-10,18,21,24H,4-5,8,11-17H2/t21-,24-/m1/s1. The fourth-order valence-corrected chi connectivity index (χ4v) is 4.91. The third-order valence-electron chi connectivity index (χ3n) is 6.45. The number of carbonyl (C=O) groups is 1. The second kappa shape index (κ2) is 9.28. The number of fused-ring (bicyclic) bond motifs is 1. The van der Waals surface area contributed by atoms with Crippen molar-refractivity contribution >= 4 is 5.91 Å². The summed E-state index contributed by atoms with van der Waals surface area (Å²) >= 11 is 0. The molecule has 0 N–H and O–H groups in total. The molecular formula is C25H30N2O4. The van der Waals surface area contributed by atoms with E-state index in [1.54, 1.807) is 0 Å². The molecule has 3 aliphatic heterocycles. The topological polar surface area (TPSA) is 51.2 Å². The van der Waals surface area contributed by atoms with Gasteiger partial charge in [0, 0.05) is 25.6 Å². The summed E-state index contributed by atoms with van der Waals surface area (Å²) in [4.78, 5) is 18.1. The third kappa shape index (κ3) is 4.27. The molecule has 2 atom stereocenters. The van der Waals surface area contributed by atoms with E-state index in [9.17, 15) is 4.79 Å². The summed E-state index contributed by atoms with van der Waals surface area (Å²) in [6.45, 7) is 4.79. The number of carbonyl (C=O) groups excluding carboxylic acids is 1. The zero-order valence-corrected chi connectivity index (χ0v) is 17.9. The first kappa shape index (κ1) is 20.3. The van der Waals surface area contributed by atoms with Crippen LogP contribution in [0.5, 0.6) is 11.5 Å². The molecule has 1 amide bonds. The maximum atomic E-state index is 13.7. The van der Waals surface area contributed by atoms with Gasteiger partial charge in [-0.1, -0.05) is 36.4 Å². The van der Waals surface area contributed by atoms with Gasteiger partial charge >= 0.3 is 0 Å². The normalized spacial score (nSPS) is 22.7. The van der Waals surface area contributed by atoms with Gasteiger partial charge in [-0.15, -0.1) is 0 Å². The summed E-state index contributed by atoms with van der Waals surface area (Å²) in [5.41, 5.74) is 2.25. The van der Waals surface area contributed by atoms with Crippen molar-refractivity contribution in [1.29, 1.82) is 0 Å². The van der Waals surface area contributed by atoms with Crippen molar-refractivity contribution in [1.82, 2.24) is 9.80 Å². The molecule has 0 saturated carbocycles. The highest BCUT2D eigenvalue weighted by atomic mass is 16.5. The Labute approximate surface area is 183 Å². The van der Waals surface area contributed by atoms with E-state index in [-0.39, 0.29) is 18.0 Å². The van der Waals surface area contributed by atoms with Crippen LogP contribution in [-0.4, -0.2) is 61.8 Å². The first-order valence-corrected chi connectivity index (χ1v) is 11.4. The molecule has 164 valence electrons. The highest BCUT2D eigenvalue weighted by Crippen LogP contribution is 2.42. The Balaban J connectivity index is 1.47. The molecule has 0 spiro atoms. The van der Waals surface area contributed by atoms with E-state index in [0.717, 1.165) is 42.9 Å². The van der Waals surface area contributed by atoms with Crippen LogP contribution in [0.1, 0.15) is 42.5 Å². The van der Waals surface area contributed by atoms with Gasteiger partial charge in [-0.3, -0.25) is 9.69 Å². The molecule has 6 nitrogen and oxygen atoms in total. The number of likely N-dealkylation sites (tertiary alicyclic amines) is 1. The van der Waals surface area contributed by atoms with Crippen LogP contribution in [0.15, 0.2) is 48.5 Å². The van der Waals surface area contributed by atoms with Gasteiger partial charge in [0.05, 0.1) is 26.4 Å². The number of rotatable bonds is 4. The van der Waals surface area contributed by atoms with E-state index in [0.29, 0.717) is 39.5 Å². The number of amides is 1. The number of hydrogen-bond donors (Lipinski definition) is 0. The van der Waals surface area contributed by atoms with Crippen molar-refractivity contribution in [3.8, 4) is 11.5 Å². The second-order valence-corrected chi connectivity index (χ2v) is 8.40. The fraction of sp³-hybridized carbons (Fsp3) is 0.480. The Bertz CT molecular complexity index is 898. The molecule has 0 aromatic heterocycles. The fourth-order valence-electron chi connectivity index (χ4n) is 4.91. The van der Waals surface area contributed by atoms with Crippen molar-refractivity contribution < 1.29 is 19.0 Å². The molecular weight excluding hydrogens is 392 g/mol. The van der Waals surface area contributed by atoms with Gasteiger partial charge in [0.25, 0.3) is 0 Å². The van der Waals surface area contributed by atoms with Crippen LogP contribution < -0.4 is 9.47 Å². The summed E-state index contributed by atoms with van der Waals surface area (Å²) in [5, 5.41) is 0. The van der Waals surface area contributed by atoms with Gasteiger partial charge in [-0.2, -0.15) is 0 Å². The van der Waals surface area contributed by atoms with Crippen LogP contribution in [0.2, 0.25) is 0 Å². The maximum Gasteiger partial charge on any atom is 0.244 e. The summed E-state index contributed by atoms with van der Waals surface area (Å²) in [5.74, 6) is 1.81. The third-order valence-corrected chi connectivity index (χ3v) is 6.45. The number of morpholine rings is 1. The lowest BCUT2D eigenvalue weighted by Gasteiger charge is -2.37. The lowest BCUT2D eigenvalue weighted by atomic mass is 9.98. The monoisotopic (exact) mass is 422 g/mol. The first-order chi connectivity index (χ1) is 15.3. The van der Waals surface area contributed by atoms with Crippen molar-refractivity contribution in [3.63, 3.8) is 0 Å². The van der Waals surface area contributed by atoms with Crippen LogP contribution in [-0.2, 0) is 9.53 Å². The molecule has 0 aliphatic carbocycles. The molecule has 2 aromatic rings. The van der Waals surface area contributed by atoms with E-state index in [1.807, 2.05) is 29.2 Å². The first-order valence-electron chi connectivity index (χ1n) is 11.4. The molecule has 31 heavy (non-hydrogen) atoms. The summed E-state index contributed by atoms with van der Waals surface area (Å²) in [6.07, 6.45) is 2.99. The molecule has 2 saturated heterocycles. The highest BCUT2D eigenvalue weighted by Gasteiger charge is 2.39. The Hall–Kier alpha value is -2.57. The zero-order chi connectivity index (χ0) is 21.0. The molecule has 3 aliphatic rings. The lowest BCUT2D eigenvalue weighted by molar-refractivity contribution is -0.142. The van der Waals surface area contributed by atoms with E-state index in [4.69, 9.17) is 14.2 Å². The van der Waals surface area contributed by atoms with Gasteiger partial charge < -0.3 is 19.1 Å². The van der Waals surface area contributed by atoms with Crippen molar-refractivity contribution in [3.05, 3.63) is 59.7 Å². The Morgan fingerprint density at radius 2 is 1.65 bits per heavy atom. The molecule has 0 radical (unpaired) electrons.